The fourth-order valence-electron chi connectivity index (χ4n) is 4.48. The van der Waals surface area contributed by atoms with E-state index in [0.717, 1.165) is 0 Å². The number of ether oxygens (including phenoxy) is 3. The van der Waals surface area contributed by atoms with Crippen molar-refractivity contribution >= 4 is 16.8 Å². The molecule has 40 heavy (non-hydrogen) atoms. The number of aromatic nitrogens is 3. The van der Waals surface area contributed by atoms with Gasteiger partial charge in [0.25, 0.3) is 11.4 Å². The van der Waals surface area contributed by atoms with Crippen LogP contribution in [0.3, 0.4) is 0 Å². The predicted octanol–water partition coefficient (Wildman–Crippen LogP) is 5.77. The molecule has 0 amide bonds. The molecule has 0 atom stereocenters. The molecule has 0 saturated heterocycles. The van der Waals surface area contributed by atoms with Crippen molar-refractivity contribution in [2.24, 2.45) is 0 Å². The number of benzene rings is 2. The molecule has 5 rings (SSSR count). The zero-order valence-corrected chi connectivity index (χ0v) is 22.4. The van der Waals surface area contributed by atoms with Crippen LogP contribution in [0.25, 0.3) is 16.7 Å². The Hall–Kier alpha value is -5.05. The first-order valence-electron chi connectivity index (χ1n) is 12.5. The van der Waals surface area contributed by atoms with E-state index in [1.807, 2.05) is 0 Å². The van der Waals surface area contributed by atoms with E-state index in [1.54, 1.807) is 68.6 Å². The van der Waals surface area contributed by atoms with Crippen LogP contribution in [0.2, 0.25) is 0 Å². The Kier molecular flexibility index (Phi) is 7.29. The first kappa shape index (κ1) is 26.6. The highest BCUT2D eigenvalue weighted by atomic mass is 19.1. The van der Waals surface area contributed by atoms with Crippen LogP contribution in [0.4, 0.5) is 4.39 Å². The number of pyridine rings is 3. The van der Waals surface area contributed by atoms with Gasteiger partial charge in [0.2, 0.25) is 0 Å². The fraction of sp³-hybridized carbons (Fsp3) is 0.161. The van der Waals surface area contributed by atoms with Crippen LogP contribution in [0.1, 0.15) is 27.2 Å². The molecule has 3 heterocycles. The molecule has 8 nitrogen and oxygen atoms in total. The normalized spacial score (nSPS) is 10.9. The number of carbonyl (C=O) groups is 1. The summed E-state index contributed by atoms with van der Waals surface area (Å²) in [6.45, 7) is 3.49. The molecule has 0 bridgehead atoms. The quantitative estimate of drug-likeness (QED) is 0.231. The second-order valence-corrected chi connectivity index (χ2v) is 9.18. The zero-order valence-electron chi connectivity index (χ0n) is 22.4. The molecule has 0 N–H and O–H groups in total. The third-order valence-electron chi connectivity index (χ3n) is 6.51. The SMILES string of the molecule is COc1cc2nccc(Oc3ccc(CC(=O)c4ccc(C)n(-c5ccc(F)cc5C)c4=O)cc3)c2nc1OC. The van der Waals surface area contributed by atoms with Gasteiger partial charge in [0.1, 0.15) is 17.1 Å². The highest BCUT2D eigenvalue weighted by Crippen LogP contribution is 2.34. The summed E-state index contributed by atoms with van der Waals surface area (Å²) >= 11 is 0. The number of methoxy groups -OCH3 is 2. The second kappa shape index (κ2) is 11.0. The average molecular weight is 540 g/mol. The van der Waals surface area contributed by atoms with Crippen molar-refractivity contribution in [3.05, 3.63) is 111 Å². The Morgan fingerprint density at radius 1 is 0.925 bits per heavy atom. The highest BCUT2D eigenvalue weighted by Gasteiger charge is 2.17. The molecule has 0 spiro atoms. The monoisotopic (exact) mass is 539 g/mol. The Balaban J connectivity index is 1.37. The molecule has 0 saturated carbocycles. The third-order valence-corrected chi connectivity index (χ3v) is 6.51. The molecular formula is C31H26FN3O5. The summed E-state index contributed by atoms with van der Waals surface area (Å²) in [6, 6.07) is 17.9. The number of fused-ring (bicyclic) bond motifs is 1. The summed E-state index contributed by atoms with van der Waals surface area (Å²) in [5.74, 6) is 1.07. The van der Waals surface area contributed by atoms with Gasteiger partial charge in [0.05, 0.1) is 31.0 Å². The van der Waals surface area contributed by atoms with E-state index in [0.29, 0.717) is 56.7 Å². The lowest BCUT2D eigenvalue weighted by Gasteiger charge is -2.14. The topological polar surface area (TPSA) is 92.5 Å². The van der Waals surface area contributed by atoms with Gasteiger partial charge in [-0.15, -0.1) is 0 Å². The summed E-state index contributed by atoms with van der Waals surface area (Å²) in [6.07, 6.45) is 1.64. The summed E-state index contributed by atoms with van der Waals surface area (Å²) in [5.41, 5.74) is 3.20. The lowest BCUT2D eigenvalue weighted by molar-refractivity contribution is 0.0991. The molecule has 0 unspecified atom stereocenters. The van der Waals surface area contributed by atoms with Gasteiger partial charge in [0.15, 0.2) is 17.3 Å². The van der Waals surface area contributed by atoms with Gasteiger partial charge in [-0.1, -0.05) is 12.1 Å². The van der Waals surface area contributed by atoms with E-state index in [4.69, 9.17) is 14.2 Å². The summed E-state index contributed by atoms with van der Waals surface area (Å²) < 4.78 is 31.7. The number of carbonyl (C=O) groups excluding carboxylic acids is 1. The number of aryl methyl sites for hydroxylation is 2. The minimum absolute atomic E-state index is 0.0255. The van der Waals surface area contributed by atoms with Crippen LogP contribution < -0.4 is 19.8 Å². The van der Waals surface area contributed by atoms with Gasteiger partial charge >= 0.3 is 0 Å². The number of ketones is 1. The van der Waals surface area contributed by atoms with Gasteiger partial charge in [-0.3, -0.25) is 19.1 Å². The minimum Gasteiger partial charge on any atom is -0.491 e. The van der Waals surface area contributed by atoms with Crippen LogP contribution in [0.5, 0.6) is 23.1 Å². The number of rotatable bonds is 8. The fourth-order valence-corrected chi connectivity index (χ4v) is 4.48. The first-order chi connectivity index (χ1) is 19.3. The van der Waals surface area contributed by atoms with Crippen molar-refractivity contribution in [2.75, 3.05) is 14.2 Å². The average Bonchev–Trinajstić information content (AvgIpc) is 2.94. The summed E-state index contributed by atoms with van der Waals surface area (Å²) in [7, 11) is 3.03. The molecule has 0 aliphatic heterocycles. The van der Waals surface area contributed by atoms with E-state index in [1.165, 1.54) is 37.0 Å². The van der Waals surface area contributed by atoms with E-state index in [9.17, 15) is 14.0 Å². The number of hydrogen-bond donors (Lipinski definition) is 0. The Morgan fingerprint density at radius 2 is 1.70 bits per heavy atom. The van der Waals surface area contributed by atoms with E-state index >= 15 is 0 Å². The molecule has 0 fully saturated rings. The van der Waals surface area contributed by atoms with E-state index in [2.05, 4.69) is 9.97 Å². The van der Waals surface area contributed by atoms with Crippen molar-refractivity contribution in [1.82, 2.24) is 14.5 Å². The maximum Gasteiger partial charge on any atom is 0.266 e. The maximum absolute atomic E-state index is 13.6. The van der Waals surface area contributed by atoms with E-state index in [-0.39, 0.29) is 23.6 Å². The minimum atomic E-state index is -0.441. The first-order valence-corrected chi connectivity index (χ1v) is 12.5. The molecule has 0 aliphatic rings. The van der Waals surface area contributed by atoms with Crippen LogP contribution in [0.15, 0.2) is 77.7 Å². The van der Waals surface area contributed by atoms with Crippen LogP contribution in [-0.4, -0.2) is 34.5 Å². The molecule has 2 aromatic carbocycles. The van der Waals surface area contributed by atoms with Crippen molar-refractivity contribution in [2.45, 2.75) is 20.3 Å². The Morgan fingerprint density at radius 3 is 2.40 bits per heavy atom. The molecule has 0 radical (unpaired) electrons. The van der Waals surface area contributed by atoms with Gasteiger partial charge in [-0.05, 0) is 67.4 Å². The smallest absolute Gasteiger partial charge is 0.266 e. The van der Waals surface area contributed by atoms with Crippen molar-refractivity contribution in [3.63, 3.8) is 0 Å². The standard InChI is InChI=1S/C31H26FN3O5/c1-18-15-21(32)8-12-25(18)35-19(2)5-11-23(31(35)37)26(36)16-20-6-9-22(10-7-20)40-27-13-14-33-24-17-28(38-3)30(39-4)34-29(24)27/h5-15,17H,16H2,1-4H3. The van der Waals surface area contributed by atoms with Gasteiger partial charge in [-0.2, -0.15) is 0 Å². The zero-order chi connectivity index (χ0) is 28.4. The van der Waals surface area contributed by atoms with Crippen LogP contribution in [-0.2, 0) is 6.42 Å². The van der Waals surface area contributed by atoms with Crippen molar-refractivity contribution in [3.8, 4) is 28.8 Å². The number of Topliss-reactive ketones (excluding diaryl/α,β-unsaturated/α-hetero) is 1. The maximum atomic E-state index is 13.6. The van der Waals surface area contributed by atoms with Crippen LogP contribution in [0, 0.1) is 19.7 Å². The lowest BCUT2D eigenvalue weighted by atomic mass is 10.0. The molecule has 202 valence electrons. The predicted molar refractivity (Wildman–Crippen MR) is 149 cm³/mol. The van der Waals surface area contributed by atoms with E-state index < -0.39 is 5.56 Å². The molecule has 3 aromatic heterocycles. The number of nitrogens with zero attached hydrogens (tertiary/aromatic N) is 3. The largest absolute Gasteiger partial charge is 0.491 e. The summed E-state index contributed by atoms with van der Waals surface area (Å²) in [5, 5.41) is 0. The third kappa shape index (κ3) is 5.13. The van der Waals surface area contributed by atoms with Gasteiger partial charge in [-0.25, -0.2) is 9.37 Å². The number of hydrogen-bond acceptors (Lipinski definition) is 7. The van der Waals surface area contributed by atoms with Gasteiger partial charge < -0.3 is 14.2 Å². The molecule has 0 aliphatic carbocycles. The Labute approximate surface area is 229 Å². The number of halogens is 1. The lowest BCUT2D eigenvalue weighted by Crippen LogP contribution is -2.27. The van der Waals surface area contributed by atoms with Crippen molar-refractivity contribution in [1.29, 1.82) is 0 Å². The molecule has 9 heteroatoms. The van der Waals surface area contributed by atoms with Crippen molar-refractivity contribution < 1.29 is 23.4 Å². The Bertz CT molecular complexity index is 1800. The highest BCUT2D eigenvalue weighted by molar-refractivity contribution is 5.97. The molecule has 5 aromatic rings. The second-order valence-electron chi connectivity index (χ2n) is 9.18. The van der Waals surface area contributed by atoms with Crippen LogP contribution >= 0.6 is 0 Å². The molecular weight excluding hydrogens is 513 g/mol. The summed E-state index contributed by atoms with van der Waals surface area (Å²) in [4.78, 5) is 35.3. The van der Waals surface area contributed by atoms with Gasteiger partial charge in [0, 0.05) is 30.4 Å².